The highest BCUT2D eigenvalue weighted by Crippen LogP contribution is 2.63. The minimum absolute atomic E-state index is 0.806. The second-order valence-corrected chi connectivity index (χ2v) is 4.70. The van der Waals surface area contributed by atoms with E-state index in [2.05, 4.69) is 13.0 Å². The lowest BCUT2D eigenvalue weighted by Crippen LogP contribution is -2.11. The first-order valence-electron chi connectivity index (χ1n) is 5.05. The van der Waals surface area contributed by atoms with Crippen molar-refractivity contribution in [3.05, 3.63) is 11.6 Å². The fourth-order valence-electron chi connectivity index (χ4n) is 2.87. The van der Waals surface area contributed by atoms with Crippen LogP contribution in [0, 0.1) is 17.3 Å². The van der Waals surface area contributed by atoms with E-state index >= 15 is 0 Å². The monoisotopic (exact) mass is 148 g/mol. The Bertz CT molecular complexity index is 220. The molecule has 2 atom stereocenters. The van der Waals surface area contributed by atoms with Gasteiger partial charge in [-0.3, -0.25) is 0 Å². The molecule has 2 unspecified atom stereocenters. The summed E-state index contributed by atoms with van der Waals surface area (Å²) < 4.78 is 0. The highest BCUT2D eigenvalue weighted by atomic mass is 14.6. The van der Waals surface area contributed by atoms with Crippen LogP contribution in [0.1, 0.15) is 39.0 Å². The molecule has 0 N–H and O–H groups in total. The third kappa shape index (κ3) is 0.758. The highest BCUT2D eigenvalue weighted by Gasteiger charge is 2.52. The van der Waals surface area contributed by atoms with Gasteiger partial charge in [-0.2, -0.15) is 0 Å². The van der Waals surface area contributed by atoms with Crippen molar-refractivity contribution in [2.45, 2.75) is 39.0 Å². The first-order valence-corrected chi connectivity index (χ1v) is 5.05. The summed E-state index contributed by atoms with van der Waals surface area (Å²) in [7, 11) is 0. The lowest BCUT2D eigenvalue weighted by molar-refractivity contribution is 0.338. The van der Waals surface area contributed by atoms with Crippen molar-refractivity contribution in [2.24, 2.45) is 17.3 Å². The van der Waals surface area contributed by atoms with Crippen molar-refractivity contribution in [1.29, 1.82) is 0 Å². The molecule has 0 spiro atoms. The minimum Gasteiger partial charge on any atom is -0.0813 e. The zero-order valence-electron chi connectivity index (χ0n) is 7.27. The van der Waals surface area contributed by atoms with Gasteiger partial charge in [-0.05, 0) is 49.4 Å². The van der Waals surface area contributed by atoms with Crippen LogP contribution in [0.5, 0.6) is 0 Å². The molecule has 0 nitrogen and oxygen atoms in total. The Hall–Kier alpha value is -0.260. The molecule has 0 amide bonds. The van der Waals surface area contributed by atoms with Gasteiger partial charge < -0.3 is 0 Å². The predicted octanol–water partition coefficient (Wildman–Crippen LogP) is 3.14. The fourth-order valence-corrected chi connectivity index (χ4v) is 2.87. The van der Waals surface area contributed by atoms with E-state index in [1.54, 1.807) is 5.57 Å². The van der Waals surface area contributed by atoms with Gasteiger partial charge in [0.2, 0.25) is 0 Å². The van der Waals surface area contributed by atoms with Crippen LogP contribution in [0.2, 0.25) is 0 Å². The molecule has 2 saturated carbocycles. The summed E-state index contributed by atoms with van der Waals surface area (Å²) in [4.78, 5) is 0. The van der Waals surface area contributed by atoms with E-state index in [1.165, 1.54) is 32.1 Å². The van der Waals surface area contributed by atoms with Crippen LogP contribution in [0.15, 0.2) is 11.6 Å². The zero-order chi connectivity index (χ0) is 7.47. The number of rotatable bonds is 2. The van der Waals surface area contributed by atoms with Crippen molar-refractivity contribution >= 4 is 0 Å². The van der Waals surface area contributed by atoms with Crippen LogP contribution in [0.25, 0.3) is 0 Å². The maximum Gasteiger partial charge on any atom is -0.0160 e. The van der Waals surface area contributed by atoms with Crippen molar-refractivity contribution in [3.63, 3.8) is 0 Å². The molecule has 0 aromatic carbocycles. The van der Waals surface area contributed by atoms with Gasteiger partial charge in [-0.25, -0.2) is 0 Å². The smallest absolute Gasteiger partial charge is 0.0160 e. The van der Waals surface area contributed by atoms with E-state index in [1.807, 2.05) is 0 Å². The third-order valence-electron chi connectivity index (χ3n) is 4.18. The quantitative estimate of drug-likeness (QED) is 0.528. The van der Waals surface area contributed by atoms with Crippen LogP contribution < -0.4 is 0 Å². The molecule has 0 aromatic heterocycles. The van der Waals surface area contributed by atoms with Crippen LogP contribution in [-0.2, 0) is 0 Å². The molecule has 0 bridgehead atoms. The molecule has 60 valence electrons. The van der Waals surface area contributed by atoms with E-state index in [0.29, 0.717) is 0 Å². The van der Waals surface area contributed by atoms with Crippen LogP contribution in [-0.4, -0.2) is 0 Å². The van der Waals surface area contributed by atoms with Gasteiger partial charge in [0, 0.05) is 0 Å². The van der Waals surface area contributed by atoms with Gasteiger partial charge in [0.25, 0.3) is 0 Å². The number of fused-ring (bicyclic) bond motifs is 1. The van der Waals surface area contributed by atoms with Crippen molar-refractivity contribution < 1.29 is 0 Å². The van der Waals surface area contributed by atoms with Crippen LogP contribution in [0.4, 0.5) is 0 Å². The summed E-state index contributed by atoms with van der Waals surface area (Å²) in [5.74, 6) is 2.06. The van der Waals surface area contributed by atoms with Crippen molar-refractivity contribution in [3.8, 4) is 0 Å². The average Bonchev–Trinajstić information content (AvgIpc) is 2.92. The highest BCUT2D eigenvalue weighted by molar-refractivity contribution is 5.32. The third-order valence-corrected chi connectivity index (χ3v) is 4.18. The normalized spacial score (nSPS) is 43.2. The Balaban J connectivity index is 1.80. The molecule has 0 aromatic rings. The largest absolute Gasteiger partial charge is 0.0813 e. The van der Waals surface area contributed by atoms with Gasteiger partial charge in [0.1, 0.15) is 0 Å². The standard InChI is InChI=1S/C11H16/c1-2-11(3-4-11)10-6-8-5-9(8)7-10/h6,9-10H,2-5,7H2,1H3. The van der Waals surface area contributed by atoms with Gasteiger partial charge in [0.05, 0.1) is 0 Å². The Morgan fingerprint density at radius 2 is 2.36 bits per heavy atom. The Labute approximate surface area is 68.7 Å². The van der Waals surface area contributed by atoms with E-state index < -0.39 is 0 Å². The molecule has 0 saturated heterocycles. The van der Waals surface area contributed by atoms with E-state index in [-0.39, 0.29) is 0 Å². The summed E-state index contributed by atoms with van der Waals surface area (Å²) in [5, 5.41) is 0. The second kappa shape index (κ2) is 1.73. The van der Waals surface area contributed by atoms with E-state index in [0.717, 1.165) is 17.3 Å². The van der Waals surface area contributed by atoms with E-state index in [4.69, 9.17) is 0 Å². The predicted molar refractivity (Wildman–Crippen MR) is 46.3 cm³/mol. The summed E-state index contributed by atoms with van der Waals surface area (Å²) in [6, 6.07) is 0. The molecule has 0 aliphatic heterocycles. The molecule has 3 rings (SSSR count). The molecule has 3 aliphatic rings. The second-order valence-electron chi connectivity index (χ2n) is 4.70. The average molecular weight is 148 g/mol. The van der Waals surface area contributed by atoms with Gasteiger partial charge in [0.15, 0.2) is 0 Å². The zero-order valence-corrected chi connectivity index (χ0v) is 7.27. The Morgan fingerprint density at radius 1 is 1.55 bits per heavy atom. The lowest BCUT2D eigenvalue weighted by Gasteiger charge is -2.20. The molecular weight excluding hydrogens is 132 g/mol. The summed E-state index contributed by atoms with van der Waals surface area (Å²) in [5.41, 5.74) is 2.61. The van der Waals surface area contributed by atoms with Gasteiger partial charge in [-0.1, -0.05) is 18.6 Å². The molecule has 0 radical (unpaired) electrons. The maximum absolute atomic E-state index is 2.61. The summed E-state index contributed by atoms with van der Waals surface area (Å²) >= 11 is 0. The Morgan fingerprint density at radius 3 is 2.82 bits per heavy atom. The summed E-state index contributed by atoms with van der Waals surface area (Å²) in [6.07, 6.45) is 10.0. The maximum atomic E-state index is 2.61. The molecule has 11 heavy (non-hydrogen) atoms. The number of hydrogen-bond donors (Lipinski definition) is 0. The van der Waals surface area contributed by atoms with Crippen LogP contribution >= 0.6 is 0 Å². The first-order chi connectivity index (χ1) is 5.34. The van der Waals surface area contributed by atoms with E-state index in [9.17, 15) is 0 Å². The lowest BCUT2D eigenvalue weighted by atomic mass is 9.85. The molecule has 3 aliphatic carbocycles. The molecule has 2 fully saturated rings. The topological polar surface area (TPSA) is 0 Å². The van der Waals surface area contributed by atoms with Crippen molar-refractivity contribution in [1.82, 2.24) is 0 Å². The summed E-state index contributed by atoms with van der Waals surface area (Å²) in [6.45, 7) is 2.37. The SMILES string of the molecule is CCC1(C2C=C3CC3C2)CC1. The minimum atomic E-state index is 0.806. The number of allylic oxidation sites excluding steroid dienone is 2. The van der Waals surface area contributed by atoms with Gasteiger partial charge in [-0.15, -0.1) is 0 Å². The fraction of sp³-hybridized carbons (Fsp3) is 0.818. The first kappa shape index (κ1) is 6.28. The van der Waals surface area contributed by atoms with Crippen LogP contribution in [0.3, 0.4) is 0 Å². The molecular formula is C11H16. The van der Waals surface area contributed by atoms with Crippen molar-refractivity contribution in [2.75, 3.05) is 0 Å². The number of hydrogen-bond acceptors (Lipinski definition) is 0. The molecule has 0 heterocycles. The molecule has 0 heteroatoms. The Kier molecular flexibility index (Phi) is 0.987. The van der Waals surface area contributed by atoms with Gasteiger partial charge >= 0.3 is 0 Å².